The topological polar surface area (TPSA) is 63.6 Å². The Balaban J connectivity index is 3.95. The fourth-order valence-electron chi connectivity index (χ4n) is 0.796. The fourth-order valence-corrected chi connectivity index (χ4v) is 0.796. The second kappa shape index (κ2) is 6.31. The van der Waals surface area contributed by atoms with Crippen LogP contribution in [0.1, 0.15) is 12.8 Å². The summed E-state index contributed by atoms with van der Waals surface area (Å²) >= 11 is 0. The van der Waals surface area contributed by atoms with Crippen LogP contribution in [-0.2, 0) is 14.3 Å². The lowest BCUT2D eigenvalue weighted by atomic mass is 10.2. The standard InChI is InChI=1S/C9H9F5O4/c10-8(11,9(12,13)14)4-1-5-18-7(17)3-2-6(15)16/h2-3H,1,4-5H2,(H,15,16)/b3-2-. The number of aliphatic carboxylic acids is 1. The molecule has 104 valence electrons. The van der Waals surface area contributed by atoms with E-state index in [2.05, 4.69) is 4.74 Å². The summed E-state index contributed by atoms with van der Waals surface area (Å²) in [6.07, 6.45) is -6.87. The summed E-state index contributed by atoms with van der Waals surface area (Å²) in [5.41, 5.74) is 0. The molecule has 0 unspecified atom stereocenters. The van der Waals surface area contributed by atoms with E-state index in [4.69, 9.17) is 5.11 Å². The summed E-state index contributed by atoms with van der Waals surface area (Å²) in [6, 6.07) is 0. The van der Waals surface area contributed by atoms with Crippen molar-refractivity contribution < 1.29 is 41.4 Å². The molecule has 0 saturated heterocycles. The minimum atomic E-state index is -5.64. The first kappa shape index (κ1) is 16.3. The second-order valence-electron chi connectivity index (χ2n) is 3.14. The van der Waals surface area contributed by atoms with Gasteiger partial charge in [0.05, 0.1) is 6.61 Å². The molecule has 0 bridgehead atoms. The van der Waals surface area contributed by atoms with Crippen LogP contribution in [0.2, 0.25) is 0 Å². The van der Waals surface area contributed by atoms with Crippen molar-refractivity contribution in [2.45, 2.75) is 24.9 Å². The number of carbonyl (C=O) groups excluding carboxylic acids is 1. The number of rotatable bonds is 6. The highest BCUT2D eigenvalue weighted by Crippen LogP contribution is 2.38. The number of carboxylic acid groups (broad SMARTS) is 1. The van der Waals surface area contributed by atoms with Crippen LogP contribution in [0.5, 0.6) is 0 Å². The highest BCUT2D eigenvalue weighted by Gasteiger charge is 2.56. The molecule has 9 heteroatoms. The van der Waals surface area contributed by atoms with Crippen molar-refractivity contribution in [1.29, 1.82) is 0 Å². The minimum Gasteiger partial charge on any atom is -0.478 e. The molecule has 0 heterocycles. The lowest BCUT2D eigenvalue weighted by Crippen LogP contribution is -2.36. The van der Waals surface area contributed by atoms with Crippen molar-refractivity contribution in [2.75, 3.05) is 6.61 Å². The predicted molar refractivity (Wildman–Crippen MR) is 48.0 cm³/mol. The Morgan fingerprint density at radius 3 is 2.11 bits per heavy atom. The highest BCUT2D eigenvalue weighted by atomic mass is 19.4. The molecule has 0 aliphatic carbocycles. The number of carboxylic acids is 1. The molecule has 1 N–H and O–H groups in total. The summed E-state index contributed by atoms with van der Waals surface area (Å²) in [5.74, 6) is -7.39. The number of carbonyl (C=O) groups is 2. The molecule has 0 amide bonds. The number of esters is 1. The van der Waals surface area contributed by atoms with Gasteiger partial charge in [0.15, 0.2) is 0 Å². The fraction of sp³-hybridized carbons (Fsp3) is 0.556. The first-order valence-corrected chi connectivity index (χ1v) is 4.58. The lowest BCUT2D eigenvalue weighted by Gasteiger charge is -2.18. The quantitative estimate of drug-likeness (QED) is 0.349. The van der Waals surface area contributed by atoms with Crippen LogP contribution in [0.3, 0.4) is 0 Å². The molecule has 0 radical (unpaired) electrons. The monoisotopic (exact) mass is 276 g/mol. The third kappa shape index (κ3) is 6.16. The SMILES string of the molecule is O=C(O)/C=C\C(=O)OCCCC(F)(F)C(F)(F)F. The maximum Gasteiger partial charge on any atom is 0.453 e. The van der Waals surface area contributed by atoms with Crippen molar-refractivity contribution in [1.82, 2.24) is 0 Å². The van der Waals surface area contributed by atoms with Crippen LogP contribution < -0.4 is 0 Å². The number of halogens is 5. The smallest absolute Gasteiger partial charge is 0.453 e. The van der Waals surface area contributed by atoms with E-state index in [0.29, 0.717) is 12.2 Å². The molecule has 0 spiro atoms. The van der Waals surface area contributed by atoms with Gasteiger partial charge in [-0.15, -0.1) is 0 Å². The van der Waals surface area contributed by atoms with Gasteiger partial charge in [-0.25, -0.2) is 9.59 Å². The van der Waals surface area contributed by atoms with Gasteiger partial charge in [0.2, 0.25) is 0 Å². The van der Waals surface area contributed by atoms with Gasteiger partial charge in [-0.1, -0.05) is 0 Å². The van der Waals surface area contributed by atoms with Crippen LogP contribution >= 0.6 is 0 Å². The van der Waals surface area contributed by atoms with Crippen molar-refractivity contribution in [3.8, 4) is 0 Å². The molecule has 0 atom stereocenters. The number of ether oxygens (including phenoxy) is 1. The van der Waals surface area contributed by atoms with Crippen LogP contribution in [-0.4, -0.2) is 35.8 Å². The maximum absolute atomic E-state index is 12.4. The number of hydrogen-bond acceptors (Lipinski definition) is 3. The summed E-state index contributed by atoms with van der Waals surface area (Å²) in [6.45, 7) is -0.658. The Labute approximate surface area is 98.0 Å². The molecule has 0 saturated carbocycles. The van der Waals surface area contributed by atoms with Gasteiger partial charge in [0.1, 0.15) is 0 Å². The minimum absolute atomic E-state index is 0.451. The second-order valence-corrected chi connectivity index (χ2v) is 3.14. The lowest BCUT2D eigenvalue weighted by molar-refractivity contribution is -0.284. The third-order valence-corrected chi connectivity index (χ3v) is 1.66. The molecule has 0 aliphatic rings. The first-order valence-electron chi connectivity index (χ1n) is 4.58. The van der Waals surface area contributed by atoms with Crippen molar-refractivity contribution in [3.63, 3.8) is 0 Å². The summed E-state index contributed by atoms with van der Waals surface area (Å²) in [4.78, 5) is 20.6. The van der Waals surface area contributed by atoms with E-state index in [1.807, 2.05) is 0 Å². The summed E-state index contributed by atoms with van der Waals surface area (Å²) in [7, 11) is 0. The summed E-state index contributed by atoms with van der Waals surface area (Å²) in [5, 5.41) is 8.11. The average molecular weight is 276 g/mol. The van der Waals surface area contributed by atoms with E-state index in [1.165, 1.54) is 0 Å². The zero-order valence-electron chi connectivity index (χ0n) is 8.84. The van der Waals surface area contributed by atoms with Gasteiger partial charge in [-0.3, -0.25) is 0 Å². The molecule has 0 aliphatic heterocycles. The largest absolute Gasteiger partial charge is 0.478 e. The molecular weight excluding hydrogens is 267 g/mol. The van der Waals surface area contributed by atoms with E-state index >= 15 is 0 Å². The average Bonchev–Trinajstić information content (AvgIpc) is 2.19. The molecule has 0 fully saturated rings. The molecule has 0 aromatic rings. The molecule has 0 rings (SSSR count). The molecular formula is C9H9F5O4. The first-order chi connectivity index (χ1) is 8.06. The van der Waals surface area contributed by atoms with Gasteiger partial charge in [0, 0.05) is 18.6 Å². The third-order valence-electron chi connectivity index (χ3n) is 1.66. The molecule has 18 heavy (non-hydrogen) atoms. The number of alkyl halides is 5. The van der Waals surface area contributed by atoms with Crippen molar-refractivity contribution >= 4 is 11.9 Å². The van der Waals surface area contributed by atoms with Crippen molar-refractivity contribution in [3.05, 3.63) is 12.2 Å². The Kier molecular flexibility index (Phi) is 5.73. The zero-order chi connectivity index (χ0) is 14.4. The van der Waals surface area contributed by atoms with E-state index in [9.17, 15) is 31.5 Å². The molecule has 0 aromatic heterocycles. The van der Waals surface area contributed by atoms with Gasteiger partial charge in [-0.2, -0.15) is 22.0 Å². The molecule has 0 aromatic carbocycles. The van der Waals surface area contributed by atoms with Gasteiger partial charge >= 0.3 is 24.0 Å². The Morgan fingerprint density at radius 2 is 1.67 bits per heavy atom. The van der Waals surface area contributed by atoms with Crippen molar-refractivity contribution in [2.24, 2.45) is 0 Å². The van der Waals surface area contributed by atoms with E-state index in [0.717, 1.165) is 0 Å². The van der Waals surface area contributed by atoms with Crippen LogP contribution in [0.15, 0.2) is 12.2 Å². The number of hydrogen-bond donors (Lipinski definition) is 1. The predicted octanol–water partition coefficient (Wildman–Crippen LogP) is 2.15. The van der Waals surface area contributed by atoms with Gasteiger partial charge in [0.25, 0.3) is 0 Å². The maximum atomic E-state index is 12.4. The van der Waals surface area contributed by atoms with Gasteiger partial charge in [-0.05, 0) is 6.42 Å². The molecule has 4 nitrogen and oxygen atoms in total. The Morgan fingerprint density at radius 1 is 1.11 bits per heavy atom. The van der Waals surface area contributed by atoms with E-state index in [-0.39, 0.29) is 0 Å². The van der Waals surface area contributed by atoms with Crippen LogP contribution in [0, 0.1) is 0 Å². The zero-order valence-corrected chi connectivity index (χ0v) is 8.84. The van der Waals surface area contributed by atoms with E-state index < -0.39 is 43.5 Å². The normalized spacial score (nSPS) is 12.7. The Bertz CT molecular complexity index is 334. The van der Waals surface area contributed by atoms with Crippen LogP contribution in [0.25, 0.3) is 0 Å². The summed E-state index contributed by atoms with van der Waals surface area (Å²) < 4.78 is 64.0. The highest BCUT2D eigenvalue weighted by molar-refractivity contribution is 5.90. The van der Waals surface area contributed by atoms with E-state index in [1.54, 1.807) is 0 Å². The van der Waals surface area contributed by atoms with Gasteiger partial charge < -0.3 is 9.84 Å². The Hall–Kier alpha value is -1.67. The van der Waals surface area contributed by atoms with Crippen LogP contribution in [0.4, 0.5) is 22.0 Å².